The molecule has 0 fully saturated rings. The summed E-state index contributed by atoms with van der Waals surface area (Å²) in [5, 5.41) is 9.32. The highest BCUT2D eigenvalue weighted by Gasteiger charge is 2.45. The number of furan rings is 2. The summed E-state index contributed by atoms with van der Waals surface area (Å²) in [7, 11) is 0. The molecule has 0 amide bonds. The van der Waals surface area contributed by atoms with E-state index in [1.807, 2.05) is 6.07 Å². The van der Waals surface area contributed by atoms with Crippen LogP contribution in [0, 0.1) is 0 Å². The van der Waals surface area contributed by atoms with Crippen LogP contribution in [0.3, 0.4) is 0 Å². The number of fused-ring (bicyclic) bond motifs is 15. The fourth-order valence-electron chi connectivity index (χ4n) is 11.2. The topological polar surface area (TPSA) is 37.7 Å². The Morgan fingerprint density at radius 1 is 0.406 bits per heavy atom. The van der Waals surface area contributed by atoms with Crippen molar-refractivity contribution in [1.82, 2.24) is 4.48 Å². The quantitative estimate of drug-likeness (QED) is 0.166. The molecule has 2 aliphatic rings. The molecule has 0 unspecified atom stereocenters. The van der Waals surface area contributed by atoms with E-state index in [0.29, 0.717) is 0 Å². The van der Waals surface area contributed by atoms with Gasteiger partial charge in [-0.25, -0.2) is 0 Å². The Labute approximate surface area is 367 Å². The second kappa shape index (κ2) is 12.6. The fourth-order valence-corrected chi connectivity index (χ4v) is 11.2. The van der Waals surface area contributed by atoms with Crippen LogP contribution in [-0.4, -0.2) is 11.3 Å². The molecule has 0 aliphatic carbocycles. The lowest BCUT2D eigenvalue weighted by Crippen LogP contribution is -2.56. The van der Waals surface area contributed by atoms with Gasteiger partial charge >= 0.3 is 6.85 Å². The normalized spacial score (nSPS) is 12.9. The molecule has 0 saturated heterocycles. The average Bonchev–Trinajstić information content (AvgIpc) is 4.03. The van der Waals surface area contributed by atoms with Crippen molar-refractivity contribution in [2.45, 2.75) is 0 Å². The van der Waals surface area contributed by atoms with Gasteiger partial charge in [-0.15, -0.1) is 0 Å². The lowest BCUT2D eigenvalue weighted by molar-refractivity contribution is 0.666. The molecule has 0 N–H and O–H groups in total. The van der Waals surface area contributed by atoms with Crippen molar-refractivity contribution in [3.05, 3.63) is 206 Å². The first kappa shape index (κ1) is 34.2. The Hall–Kier alpha value is -8.48. The van der Waals surface area contributed by atoms with Gasteiger partial charge in [-0.3, -0.25) is 0 Å². The average molecular weight is 816 g/mol. The van der Waals surface area contributed by atoms with Crippen LogP contribution >= 0.6 is 0 Å². The van der Waals surface area contributed by atoms with Gasteiger partial charge in [0, 0.05) is 71.7 Å². The van der Waals surface area contributed by atoms with Crippen molar-refractivity contribution in [3.8, 4) is 11.1 Å². The maximum atomic E-state index is 7.17. The van der Waals surface area contributed by atoms with E-state index in [4.69, 9.17) is 8.83 Å². The van der Waals surface area contributed by atoms with Crippen LogP contribution in [-0.2, 0) is 0 Å². The summed E-state index contributed by atoms with van der Waals surface area (Å²) in [6.45, 7) is -0.184. The van der Waals surface area contributed by atoms with Crippen molar-refractivity contribution >= 4 is 128 Å². The van der Waals surface area contributed by atoms with E-state index in [2.05, 4.69) is 214 Å². The van der Waals surface area contributed by atoms with Crippen LogP contribution in [0.15, 0.2) is 215 Å². The number of hydrogen-bond donors (Lipinski definition) is 0. The lowest BCUT2D eigenvalue weighted by Gasteiger charge is -2.41. The molecule has 10 aromatic carbocycles. The minimum absolute atomic E-state index is 0.184. The molecule has 0 bridgehead atoms. The first-order chi connectivity index (χ1) is 31.8. The summed E-state index contributed by atoms with van der Waals surface area (Å²) in [6.07, 6.45) is 0. The molecule has 0 saturated carbocycles. The molecule has 5 nitrogen and oxygen atoms in total. The Bertz CT molecular complexity index is 4070. The van der Waals surface area contributed by atoms with E-state index in [-0.39, 0.29) is 6.85 Å². The van der Waals surface area contributed by atoms with Crippen molar-refractivity contribution in [1.29, 1.82) is 0 Å². The maximum Gasteiger partial charge on any atom is 0.333 e. The molecule has 0 spiro atoms. The van der Waals surface area contributed by atoms with Gasteiger partial charge in [-0.2, -0.15) is 0 Å². The van der Waals surface area contributed by atoms with Gasteiger partial charge in [-0.1, -0.05) is 133 Å². The Morgan fingerprint density at radius 3 is 1.80 bits per heavy atom. The van der Waals surface area contributed by atoms with Gasteiger partial charge in [0.1, 0.15) is 11.2 Å². The van der Waals surface area contributed by atoms with Gasteiger partial charge in [0.2, 0.25) is 0 Å². The number of para-hydroxylation sites is 6. The van der Waals surface area contributed by atoms with E-state index in [0.717, 1.165) is 78.0 Å². The van der Waals surface area contributed by atoms with Crippen molar-refractivity contribution < 1.29 is 8.83 Å². The predicted molar refractivity (Wildman–Crippen MR) is 267 cm³/mol. The molecule has 296 valence electrons. The highest BCUT2D eigenvalue weighted by Crippen LogP contribution is 2.52. The van der Waals surface area contributed by atoms with E-state index in [9.17, 15) is 0 Å². The SMILES string of the molecule is c1ccc(N(c2ccccc2)c2ccc3c(c2)N(c2cccc4c2oc2ccccc24)c2c4c(cc5c2oc2ccccc25)-c2cccc5c6cc7ccccc7cc6n(c25)B34)cc1. The van der Waals surface area contributed by atoms with Crippen LogP contribution in [0.5, 0.6) is 0 Å². The van der Waals surface area contributed by atoms with Gasteiger partial charge in [0.25, 0.3) is 0 Å². The summed E-state index contributed by atoms with van der Waals surface area (Å²) in [4.78, 5) is 4.82. The smallest absolute Gasteiger partial charge is 0.333 e. The third kappa shape index (κ3) is 4.48. The highest BCUT2D eigenvalue weighted by molar-refractivity contribution is 6.90. The Kier molecular flexibility index (Phi) is 6.70. The van der Waals surface area contributed by atoms with Gasteiger partial charge in [0.15, 0.2) is 11.2 Å². The Balaban J connectivity index is 1.13. The maximum absolute atomic E-state index is 7.17. The first-order valence-electron chi connectivity index (χ1n) is 22.0. The molecule has 13 aromatic rings. The number of nitrogens with zero attached hydrogens (tertiary/aromatic N) is 3. The molecule has 6 heteroatoms. The number of rotatable bonds is 4. The van der Waals surface area contributed by atoms with Gasteiger partial charge in [0.05, 0.1) is 11.4 Å². The zero-order valence-electron chi connectivity index (χ0n) is 34.4. The molecule has 3 aromatic heterocycles. The van der Waals surface area contributed by atoms with Crippen LogP contribution in [0.4, 0.5) is 34.1 Å². The van der Waals surface area contributed by atoms with E-state index < -0.39 is 0 Å². The summed E-state index contributed by atoms with van der Waals surface area (Å²) in [5.41, 5.74) is 17.0. The molecule has 5 heterocycles. The number of benzene rings is 10. The molecule has 0 atom stereocenters. The van der Waals surface area contributed by atoms with Gasteiger partial charge in [-0.05, 0) is 100 Å². The van der Waals surface area contributed by atoms with Crippen LogP contribution < -0.4 is 20.7 Å². The second-order valence-corrected chi connectivity index (χ2v) is 17.2. The summed E-state index contributed by atoms with van der Waals surface area (Å²) < 4.78 is 16.8. The van der Waals surface area contributed by atoms with E-state index >= 15 is 0 Å². The summed E-state index contributed by atoms with van der Waals surface area (Å²) in [5.74, 6) is 0. The molecular formula is C58H34BN3O2. The fraction of sp³-hybridized carbons (Fsp3) is 0. The lowest BCUT2D eigenvalue weighted by atomic mass is 9.45. The minimum atomic E-state index is -0.184. The zero-order valence-corrected chi connectivity index (χ0v) is 34.4. The summed E-state index contributed by atoms with van der Waals surface area (Å²) >= 11 is 0. The number of anilines is 6. The molecule has 15 rings (SSSR count). The van der Waals surface area contributed by atoms with Crippen LogP contribution in [0.1, 0.15) is 0 Å². The predicted octanol–water partition coefficient (Wildman–Crippen LogP) is 14.6. The standard InChI is InChI=1S/C58H34BN3O2/c1-3-17-37(18-4-1)60(38-19-5-2-6-20-38)39-29-30-48-51(33-39)61(49-26-14-25-44-40-21-9-11-27-52(40)63-57(44)49)56-54-46(34-47-41-22-10-12-28-53(41)64-58(47)56)43-24-13-23-42-45-31-35-15-7-8-16-36(35)32-50(45)62(55(42)43)59(48)54/h1-34H. The van der Waals surface area contributed by atoms with Crippen molar-refractivity contribution in [2.24, 2.45) is 0 Å². The third-order valence-corrected chi connectivity index (χ3v) is 13.9. The summed E-state index contributed by atoms with van der Waals surface area (Å²) in [6, 6.07) is 74.6. The molecule has 0 radical (unpaired) electrons. The first-order valence-corrected chi connectivity index (χ1v) is 22.0. The van der Waals surface area contributed by atoms with Gasteiger partial charge < -0.3 is 23.1 Å². The molecule has 2 aliphatic heterocycles. The largest absolute Gasteiger partial charge is 0.454 e. The van der Waals surface area contributed by atoms with Crippen LogP contribution in [0.2, 0.25) is 0 Å². The number of aromatic nitrogens is 1. The van der Waals surface area contributed by atoms with Crippen LogP contribution in [0.25, 0.3) is 87.6 Å². The van der Waals surface area contributed by atoms with E-state index in [1.165, 1.54) is 54.6 Å². The zero-order chi connectivity index (χ0) is 41.6. The minimum Gasteiger partial charge on any atom is -0.454 e. The number of hydrogen-bond acceptors (Lipinski definition) is 4. The highest BCUT2D eigenvalue weighted by atomic mass is 16.3. The Morgan fingerprint density at radius 2 is 1.03 bits per heavy atom. The third-order valence-electron chi connectivity index (χ3n) is 13.9. The van der Waals surface area contributed by atoms with Crippen molar-refractivity contribution in [2.75, 3.05) is 9.80 Å². The molecular weight excluding hydrogens is 781 g/mol. The molecule has 64 heavy (non-hydrogen) atoms. The monoisotopic (exact) mass is 815 g/mol. The van der Waals surface area contributed by atoms with Crippen molar-refractivity contribution in [3.63, 3.8) is 0 Å². The second-order valence-electron chi connectivity index (χ2n) is 17.2. The van der Waals surface area contributed by atoms with E-state index in [1.54, 1.807) is 0 Å².